The predicted molar refractivity (Wildman–Crippen MR) is 162 cm³/mol. The first-order valence-corrected chi connectivity index (χ1v) is 12.9. The third-order valence-electron chi connectivity index (χ3n) is 5.14. The summed E-state index contributed by atoms with van der Waals surface area (Å²) >= 11 is 3.43. The van der Waals surface area contributed by atoms with E-state index in [0.29, 0.717) is 37.9 Å². The second kappa shape index (κ2) is 21.7. The summed E-state index contributed by atoms with van der Waals surface area (Å²) in [5.74, 6) is 2.11. The van der Waals surface area contributed by atoms with Gasteiger partial charge in [0.25, 0.3) is 0 Å². The first-order valence-electron chi connectivity index (χ1n) is 12.1. The molecule has 0 radical (unpaired) electrons. The van der Waals surface area contributed by atoms with Crippen LogP contribution in [-0.4, -0.2) is 71.4 Å². The lowest BCUT2D eigenvalue weighted by molar-refractivity contribution is -0.134. The summed E-state index contributed by atoms with van der Waals surface area (Å²) in [7, 11) is 4.47. The minimum Gasteiger partial charge on any atom is -0.497 e. The van der Waals surface area contributed by atoms with E-state index in [9.17, 15) is 10.0 Å². The molecule has 0 aliphatic carbocycles. The average molecular weight is 635 g/mol. The molecule has 0 fully saturated rings. The number of hydrogen-bond donors (Lipinski definition) is 2. The highest BCUT2D eigenvalue weighted by atomic mass is 79.9. The Balaban J connectivity index is 0. The first-order chi connectivity index (χ1) is 18.1. The minimum atomic E-state index is -1.67. The van der Waals surface area contributed by atoms with Gasteiger partial charge in [-0.3, -0.25) is 0 Å². The number of methoxy groups -OCH3 is 4. The molecule has 0 bridgehead atoms. The predicted octanol–water partition coefficient (Wildman–Crippen LogP) is 4.92. The van der Waals surface area contributed by atoms with Crippen molar-refractivity contribution < 1.29 is 47.9 Å². The molecule has 0 saturated heterocycles. The molecular weight excluding hydrogens is 587 g/mol. The highest BCUT2D eigenvalue weighted by Gasteiger charge is 2.23. The Kier molecular flexibility index (Phi) is 21.7. The summed E-state index contributed by atoms with van der Waals surface area (Å²) in [5, 5.41) is 18.7. The van der Waals surface area contributed by atoms with Crippen molar-refractivity contribution in [1.29, 1.82) is 0 Å². The topological polar surface area (TPSA) is 114 Å². The van der Waals surface area contributed by atoms with Crippen LogP contribution in [0.15, 0.2) is 28.7 Å². The van der Waals surface area contributed by atoms with Gasteiger partial charge in [-0.25, -0.2) is 0 Å². The van der Waals surface area contributed by atoms with Crippen molar-refractivity contribution in [3.05, 3.63) is 39.9 Å². The third-order valence-corrected chi connectivity index (χ3v) is 5.92. The Morgan fingerprint density at radius 3 is 1.25 bits per heavy atom. The minimum absolute atomic E-state index is 0. The molecule has 2 aromatic carbocycles. The molecule has 10 nitrogen and oxygen atoms in total. The number of halogens is 1. The quantitative estimate of drug-likeness (QED) is 0.207. The van der Waals surface area contributed by atoms with Crippen LogP contribution in [0, 0.1) is 0 Å². The van der Waals surface area contributed by atoms with Crippen molar-refractivity contribution in [1.82, 2.24) is 0 Å². The normalized spacial score (nSPS) is 11.6. The maximum absolute atomic E-state index is 9.37. The fourth-order valence-corrected chi connectivity index (χ4v) is 3.88. The number of hydrogen-bond acceptors (Lipinski definition) is 10. The van der Waals surface area contributed by atoms with Gasteiger partial charge in [0.2, 0.25) is 0 Å². The first kappa shape index (κ1) is 40.1. The van der Waals surface area contributed by atoms with Crippen LogP contribution < -0.4 is 24.4 Å². The molecule has 230 valence electrons. The number of rotatable bonds is 15. The fraction of sp³-hybridized carbons (Fsp3) is 0.571. The number of ether oxygens (including phenoxy) is 8. The van der Waals surface area contributed by atoms with Crippen molar-refractivity contribution in [2.45, 2.75) is 68.3 Å². The molecule has 0 spiro atoms. The monoisotopic (exact) mass is 634 g/mol. The summed E-state index contributed by atoms with van der Waals surface area (Å²) in [6, 6.07) is 7.17. The van der Waals surface area contributed by atoms with Crippen molar-refractivity contribution >= 4 is 28.5 Å². The van der Waals surface area contributed by atoms with E-state index in [2.05, 4.69) is 15.9 Å². The van der Waals surface area contributed by atoms with Crippen molar-refractivity contribution in [3.8, 4) is 23.0 Å². The SMILES string of the molecule is C.C.CCOC(C)OCc1cc(OC)c(B(O)O)c(OC)c1.CCOC(C)OCc1cc(OC)c(Br)c(OC)c1. The molecule has 2 N–H and O–H groups in total. The molecule has 40 heavy (non-hydrogen) atoms. The summed E-state index contributed by atoms with van der Waals surface area (Å²) in [4.78, 5) is 0. The molecular formula is C28H48BBrO10. The van der Waals surface area contributed by atoms with E-state index in [1.807, 2.05) is 39.8 Å². The van der Waals surface area contributed by atoms with Gasteiger partial charge < -0.3 is 47.9 Å². The molecule has 2 rings (SSSR count). The fourth-order valence-electron chi connectivity index (χ4n) is 3.33. The molecule has 12 heteroatoms. The van der Waals surface area contributed by atoms with Crippen LogP contribution in [0.5, 0.6) is 23.0 Å². The summed E-state index contributed by atoms with van der Waals surface area (Å²) < 4.78 is 43.3. The Morgan fingerprint density at radius 1 is 0.650 bits per heavy atom. The standard InChI is InChI=1S/C13H21BO6.C13H19BrO4.2CH4/c1-5-19-9(2)20-8-10-6-11(17-3)13(14(15)16)12(7-10)18-4;1-5-17-9(2)18-8-10-6-11(15-3)13(14)12(7-10)16-4;;/h6-7,9,15-16H,5,8H2,1-4H3;6-7,9H,5,8H2,1-4H3;2*1H4. The van der Waals surface area contributed by atoms with Gasteiger partial charge in [-0.05, 0) is 79.0 Å². The Bertz CT molecular complexity index is 911. The van der Waals surface area contributed by atoms with Gasteiger partial charge in [0.1, 0.15) is 27.5 Å². The van der Waals surface area contributed by atoms with Gasteiger partial charge in [0.15, 0.2) is 12.6 Å². The average Bonchev–Trinajstić information content (AvgIpc) is 2.91. The molecule has 0 aliphatic heterocycles. The van der Waals surface area contributed by atoms with E-state index in [4.69, 9.17) is 37.9 Å². The molecule has 0 aliphatic rings. The van der Waals surface area contributed by atoms with Crippen molar-refractivity contribution in [2.24, 2.45) is 0 Å². The Morgan fingerprint density at radius 2 is 0.975 bits per heavy atom. The summed E-state index contributed by atoms with van der Waals surface area (Å²) in [5.41, 5.74) is 1.95. The van der Waals surface area contributed by atoms with Crippen LogP contribution in [0.4, 0.5) is 0 Å². The molecule has 0 amide bonds. The molecule has 0 aromatic heterocycles. The number of benzene rings is 2. The Hall–Kier alpha value is -2.06. The van der Waals surface area contributed by atoms with E-state index < -0.39 is 7.12 Å². The van der Waals surface area contributed by atoms with Crippen LogP contribution in [0.2, 0.25) is 0 Å². The van der Waals surface area contributed by atoms with Gasteiger partial charge in [-0.2, -0.15) is 0 Å². The van der Waals surface area contributed by atoms with Gasteiger partial charge in [0.05, 0.1) is 47.1 Å². The van der Waals surface area contributed by atoms with Gasteiger partial charge in [-0.1, -0.05) is 14.9 Å². The second-order valence-electron chi connectivity index (χ2n) is 7.77. The lowest BCUT2D eigenvalue weighted by atomic mass is 9.78. The zero-order chi connectivity index (χ0) is 28.7. The van der Waals surface area contributed by atoms with Crippen molar-refractivity contribution in [3.63, 3.8) is 0 Å². The zero-order valence-corrected chi connectivity index (χ0v) is 25.0. The van der Waals surface area contributed by atoms with Crippen LogP contribution in [-0.2, 0) is 32.2 Å². The highest BCUT2D eigenvalue weighted by molar-refractivity contribution is 9.10. The van der Waals surface area contributed by atoms with E-state index in [1.54, 1.807) is 26.4 Å². The van der Waals surface area contributed by atoms with Gasteiger partial charge >= 0.3 is 7.12 Å². The van der Waals surface area contributed by atoms with E-state index in [1.165, 1.54) is 14.2 Å². The molecule has 2 aromatic rings. The van der Waals surface area contributed by atoms with Crippen LogP contribution in [0.1, 0.15) is 53.7 Å². The van der Waals surface area contributed by atoms with Gasteiger partial charge in [0, 0.05) is 13.2 Å². The second-order valence-corrected chi connectivity index (χ2v) is 8.56. The van der Waals surface area contributed by atoms with Crippen molar-refractivity contribution in [2.75, 3.05) is 41.7 Å². The molecule has 0 saturated carbocycles. The van der Waals surface area contributed by atoms with E-state index >= 15 is 0 Å². The lowest BCUT2D eigenvalue weighted by Gasteiger charge is -2.17. The van der Waals surface area contributed by atoms with Crippen LogP contribution >= 0.6 is 15.9 Å². The molecule has 0 heterocycles. The summed E-state index contributed by atoms with van der Waals surface area (Å²) in [6.45, 7) is 9.46. The lowest BCUT2D eigenvalue weighted by Crippen LogP contribution is -2.32. The van der Waals surface area contributed by atoms with E-state index in [-0.39, 0.29) is 32.9 Å². The summed E-state index contributed by atoms with van der Waals surface area (Å²) in [6.07, 6.45) is -0.546. The maximum Gasteiger partial charge on any atom is 0.496 e. The maximum atomic E-state index is 9.37. The van der Waals surface area contributed by atoms with E-state index in [0.717, 1.165) is 27.1 Å². The van der Waals surface area contributed by atoms with Crippen LogP contribution in [0.25, 0.3) is 0 Å². The Labute approximate surface area is 249 Å². The highest BCUT2D eigenvalue weighted by Crippen LogP contribution is 2.35. The molecule has 2 unspecified atom stereocenters. The smallest absolute Gasteiger partial charge is 0.496 e. The zero-order valence-electron chi connectivity index (χ0n) is 23.4. The van der Waals surface area contributed by atoms with Gasteiger partial charge in [-0.15, -0.1) is 0 Å². The van der Waals surface area contributed by atoms with Crippen LogP contribution in [0.3, 0.4) is 0 Å². The third kappa shape index (κ3) is 13.1. The largest absolute Gasteiger partial charge is 0.497 e. The molecule has 2 atom stereocenters.